The maximum absolute atomic E-state index is 13.1. The van der Waals surface area contributed by atoms with Gasteiger partial charge in [-0.2, -0.15) is 0 Å². The lowest BCUT2D eigenvalue weighted by atomic mass is 10.0. The van der Waals surface area contributed by atoms with Gasteiger partial charge in [0.25, 0.3) is 5.56 Å². The van der Waals surface area contributed by atoms with Crippen molar-refractivity contribution in [2.45, 2.75) is 83.5 Å². The largest absolute Gasteiger partial charge is 0.370 e. The normalized spacial score (nSPS) is 12.2. The average Bonchev–Trinajstić information content (AvgIpc) is 2.73. The van der Waals surface area contributed by atoms with Crippen LogP contribution >= 0.6 is 11.8 Å². The van der Waals surface area contributed by atoms with Crippen LogP contribution in [0.4, 0.5) is 0 Å². The summed E-state index contributed by atoms with van der Waals surface area (Å²) in [6.45, 7) is 6.92. The summed E-state index contributed by atoms with van der Waals surface area (Å²) in [6.07, 6.45) is 5.78. The van der Waals surface area contributed by atoms with Gasteiger partial charge in [-0.3, -0.25) is 19.0 Å². The number of fused-ring (bicyclic) bond motifs is 1. The number of amides is 2. The maximum atomic E-state index is 13.1. The Balaban J connectivity index is 2.02. The number of hydrogen-bond donors (Lipinski definition) is 2. The van der Waals surface area contributed by atoms with Crippen LogP contribution < -0.4 is 16.6 Å². The van der Waals surface area contributed by atoms with Gasteiger partial charge in [0.15, 0.2) is 5.16 Å². The van der Waals surface area contributed by atoms with Crippen molar-refractivity contribution in [1.82, 2.24) is 14.9 Å². The van der Waals surface area contributed by atoms with E-state index in [2.05, 4.69) is 24.1 Å². The van der Waals surface area contributed by atoms with E-state index < -0.39 is 0 Å². The standard InChI is InChI=1S/C24H36N4O3S/c1-17(2)10-9-11-18(3)26-22(30)16-32-24-27-20-13-7-6-12-19(20)23(31)28(24)15-8-4-5-14-21(25)29/h6-7,12-13,17-18H,4-5,8-11,14-16H2,1-3H3,(H2,25,29)(H,26,30). The molecule has 2 aromatic rings. The molecule has 0 saturated heterocycles. The fourth-order valence-corrected chi connectivity index (χ4v) is 4.39. The Bertz CT molecular complexity index is 958. The number of hydrogen-bond acceptors (Lipinski definition) is 5. The summed E-state index contributed by atoms with van der Waals surface area (Å²) in [4.78, 5) is 41.1. The van der Waals surface area contributed by atoms with E-state index in [4.69, 9.17) is 5.73 Å². The number of thioether (sulfide) groups is 1. The van der Waals surface area contributed by atoms with Crippen LogP contribution in [0.5, 0.6) is 0 Å². The number of nitrogens with zero attached hydrogens (tertiary/aromatic N) is 2. The van der Waals surface area contributed by atoms with Crippen molar-refractivity contribution in [3.63, 3.8) is 0 Å². The van der Waals surface area contributed by atoms with Crippen molar-refractivity contribution in [1.29, 1.82) is 0 Å². The highest BCUT2D eigenvalue weighted by Crippen LogP contribution is 2.19. The number of aromatic nitrogens is 2. The van der Waals surface area contributed by atoms with E-state index in [1.54, 1.807) is 10.6 Å². The van der Waals surface area contributed by atoms with Crippen LogP contribution in [0, 0.1) is 5.92 Å². The molecule has 1 aromatic carbocycles. The van der Waals surface area contributed by atoms with Crippen LogP contribution in [0.2, 0.25) is 0 Å². The highest BCUT2D eigenvalue weighted by atomic mass is 32.2. The van der Waals surface area contributed by atoms with Crippen LogP contribution in [0.3, 0.4) is 0 Å². The van der Waals surface area contributed by atoms with Crippen molar-refractivity contribution in [3.8, 4) is 0 Å². The first-order valence-electron chi connectivity index (χ1n) is 11.5. The Hall–Kier alpha value is -2.35. The number of nitrogens with two attached hydrogens (primary N) is 1. The van der Waals surface area contributed by atoms with Crippen molar-refractivity contribution < 1.29 is 9.59 Å². The van der Waals surface area contributed by atoms with Crippen LogP contribution in [0.25, 0.3) is 10.9 Å². The first kappa shape index (κ1) is 25.9. The van der Waals surface area contributed by atoms with E-state index in [0.29, 0.717) is 41.4 Å². The molecule has 0 saturated carbocycles. The molecule has 1 aromatic heterocycles. The van der Waals surface area contributed by atoms with Gasteiger partial charge in [-0.25, -0.2) is 4.98 Å². The Morgan fingerprint density at radius 2 is 1.84 bits per heavy atom. The fraction of sp³-hybridized carbons (Fsp3) is 0.583. The van der Waals surface area contributed by atoms with Gasteiger partial charge in [0, 0.05) is 19.0 Å². The minimum atomic E-state index is -0.310. The lowest BCUT2D eigenvalue weighted by Gasteiger charge is -2.16. The summed E-state index contributed by atoms with van der Waals surface area (Å²) >= 11 is 1.29. The molecular weight excluding hydrogens is 424 g/mol. The molecule has 7 nitrogen and oxygen atoms in total. The quantitative estimate of drug-likeness (QED) is 0.253. The summed E-state index contributed by atoms with van der Waals surface area (Å²) in [5.41, 5.74) is 5.72. The van der Waals surface area contributed by atoms with Gasteiger partial charge in [0.1, 0.15) is 0 Å². The van der Waals surface area contributed by atoms with E-state index in [0.717, 1.165) is 32.1 Å². The first-order valence-corrected chi connectivity index (χ1v) is 12.5. The molecule has 2 amide bonds. The molecule has 0 aliphatic carbocycles. The van der Waals surface area contributed by atoms with Crippen LogP contribution in [-0.4, -0.2) is 33.2 Å². The predicted octanol–water partition coefficient (Wildman–Crippen LogP) is 3.87. The molecule has 0 bridgehead atoms. The number of rotatable bonds is 14. The molecule has 3 N–H and O–H groups in total. The van der Waals surface area contributed by atoms with Crippen LogP contribution in [0.15, 0.2) is 34.2 Å². The van der Waals surface area contributed by atoms with E-state index in [1.807, 2.05) is 25.1 Å². The Labute approximate surface area is 194 Å². The molecule has 176 valence electrons. The van der Waals surface area contributed by atoms with Gasteiger partial charge in [0.05, 0.1) is 16.7 Å². The molecule has 0 aliphatic heterocycles. The number of unbranched alkanes of at least 4 members (excludes halogenated alkanes) is 2. The summed E-state index contributed by atoms with van der Waals surface area (Å²) < 4.78 is 1.65. The highest BCUT2D eigenvalue weighted by Gasteiger charge is 2.14. The third kappa shape index (κ3) is 8.65. The van der Waals surface area contributed by atoms with E-state index in [1.165, 1.54) is 11.8 Å². The van der Waals surface area contributed by atoms with Crippen molar-refractivity contribution >= 4 is 34.5 Å². The second-order valence-electron chi connectivity index (χ2n) is 8.73. The second kappa shape index (κ2) is 13.3. The van der Waals surface area contributed by atoms with Crippen molar-refractivity contribution in [2.75, 3.05) is 5.75 Å². The number of primary amides is 1. The predicted molar refractivity (Wildman–Crippen MR) is 131 cm³/mol. The van der Waals surface area contributed by atoms with Crippen molar-refractivity contribution in [3.05, 3.63) is 34.6 Å². The molecule has 8 heteroatoms. The van der Waals surface area contributed by atoms with Gasteiger partial charge in [-0.05, 0) is 44.2 Å². The maximum Gasteiger partial charge on any atom is 0.262 e. The molecule has 32 heavy (non-hydrogen) atoms. The number of carbonyl (C=O) groups is 2. The lowest BCUT2D eigenvalue weighted by Crippen LogP contribution is -2.34. The number of nitrogens with one attached hydrogen (secondary N) is 1. The topological polar surface area (TPSA) is 107 Å². The van der Waals surface area contributed by atoms with Gasteiger partial charge in [0.2, 0.25) is 11.8 Å². The smallest absolute Gasteiger partial charge is 0.262 e. The summed E-state index contributed by atoms with van der Waals surface area (Å²) in [5, 5.41) is 4.16. The average molecular weight is 461 g/mol. The Morgan fingerprint density at radius 3 is 2.56 bits per heavy atom. The molecule has 0 radical (unpaired) electrons. The third-order valence-corrected chi connectivity index (χ3v) is 6.27. The van der Waals surface area contributed by atoms with Crippen LogP contribution in [0.1, 0.15) is 65.7 Å². The summed E-state index contributed by atoms with van der Waals surface area (Å²) in [5.74, 6) is 0.513. The molecular formula is C24H36N4O3S. The van der Waals surface area contributed by atoms with E-state index in [-0.39, 0.29) is 29.2 Å². The van der Waals surface area contributed by atoms with Crippen molar-refractivity contribution in [2.24, 2.45) is 11.7 Å². The zero-order valence-electron chi connectivity index (χ0n) is 19.4. The number of carbonyl (C=O) groups excluding carboxylic acids is 2. The highest BCUT2D eigenvalue weighted by molar-refractivity contribution is 7.99. The molecule has 1 atom stereocenters. The summed E-state index contributed by atoms with van der Waals surface area (Å²) in [7, 11) is 0. The third-order valence-electron chi connectivity index (χ3n) is 5.29. The monoisotopic (exact) mass is 460 g/mol. The fourth-order valence-electron chi connectivity index (χ4n) is 3.55. The Kier molecular flexibility index (Phi) is 10.7. The zero-order valence-corrected chi connectivity index (χ0v) is 20.2. The number of benzene rings is 1. The molecule has 2 rings (SSSR count). The second-order valence-corrected chi connectivity index (χ2v) is 9.67. The molecule has 0 spiro atoms. The summed E-state index contributed by atoms with van der Waals surface area (Å²) in [6, 6.07) is 7.38. The minimum Gasteiger partial charge on any atom is -0.370 e. The molecule has 0 aliphatic rings. The van der Waals surface area contributed by atoms with Gasteiger partial charge in [-0.15, -0.1) is 0 Å². The minimum absolute atomic E-state index is 0.0533. The van der Waals surface area contributed by atoms with Gasteiger partial charge >= 0.3 is 0 Å². The lowest BCUT2D eigenvalue weighted by molar-refractivity contribution is -0.119. The molecule has 0 fully saturated rings. The molecule has 1 unspecified atom stereocenters. The molecule has 1 heterocycles. The van der Waals surface area contributed by atoms with E-state index >= 15 is 0 Å². The van der Waals surface area contributed by atoms with E-state index in [9.17, 15) is 14.4 Å². The number of para-hydroxylation sites is 1. The van der Waals surface area contributed by atoms with Crippen LogP contribution in [-0.2, 0) is 16.1 Å². The Morgan fingerprint density at radius 1 is 1.09 bits per heavy atom. The van der Waals surface area contributed by atoms with Gasteiger partial charge in [-0.1, -0.05) is 57.0 Å². The first-order chi connectivity index (χ1) is 15.3. The zero-order chi connectivity index (χ0) is 23.5. The van der Waals surface area contributed by atoms with Gasteiger partial charge < -0.3 is 11.1 Å². The SMILES string of the molecule is CC(C)CCCC(C)NC(=O)CSc1nc2ccccc2c(=O)n1CCCCCC(N)=O.